The van der Waals surface area contributed by atoms with Gasteiger partial charge in [-0.1, -0.05) is 5.57 Å². The van der Waals surface area contributed by atoms with Crippen molar-refractivity contribution in [3.8, 4) is 0 Å². The molecule has 0 bridgehead atoms. The number of carbonyl (C=O) groups is 5. The third-order valence-electron chi connectivity index (χ3n) is 12.0. The van der Waals surface area contributed by atoms with Crippen LogP contribution in [0.5, 0.6) is 0 Å². The van der Waals surface area contributed by atoms with E-state index in [0.29, 0.717) is 51.4 Å². The van der Waals surface area contributed by atoms with Crippen LogP contribution in [0.3, 0.4) is 0 Å². The van der Waals surface area contributed by atoms with Crippen LogP contribution in [0.1, 0.15) is 94.2 Å². The monoisotopic (exact) mass is 828 g/mol. The molecular formula is C40H43F3N12O5. The minimum atomic E-state index is -2.93. The minimum Gasteiger partial charge on any atom is -0.374 e. The van der Waals surface area contributed by atoms with Gasteiger partial charge in [0.25, 0.3) is 24.1 Å². The van der Waals surface area contributed by atoms with Crippen LogP contribution in [-0.4, -0.2) is 121 Å². The maximum atomic E-state index is 14.3. The first kappa shape index (κ1) is 39.2. The van der Waals surface area contributed by atoms with E-state index in [1.54, 1.807) is 29.3 Å². The second-order valence-corrected chi connectivity index (χ2v) is 16.0. The van der Waals surface area contributed by atoms with Crippen LogP contribution in [0.4, 0.5) is 30.4 Å². The molecule has 9 rings (SSSR count). The normalized spacial score (nSPS) is 23.8. The van der Waals surface area contributed by atoms with Gasteiger partial charge in [0, 0.05) is 63.3 Å². The van der Waals surface area contributed by atoms with Crippen molar-refractivity contribution in [3.63, 3.8) is 0 Å². The lowest BCUT2D eigenvalue weighted by molar-refractivity contribution is -0.136. The van der Waals surface area contributed by atoms with Crippen LogP contribution in [-0.2, 0) is 9.59 Å². The molecule has 20 heteroatoms. The number of allylic oxidation sites excluding steroid dienone is 1. The van der Waals surface area contributed by atoms with Crippen molar-refractivity contribution in [2.24, 2.45) is 5.73 Å². The first-order chi connectivity index (χ1) is 28.9. The fourth-order valence-electron chi connectivity index (χ4n) is 8.89. The fraction of sp³-hybridized carbons (Fsp3) is 0.450. The van der Waals surface area contributed by atoms with Crippen LogP contribution < -0.4 is 26.2 Å². The van der Waals surface area contributed by atoms with E-state index in [1.807, 2.05) is 6.07 Å². The zero-order valence-corrected chi connectivity index (χ0v) is 32.5. The number of alkyl halides is 3. The highest BCUT2D eigenvalue weighted by Gasteiger charge is 2.45. The highest BCUT2D eigenvalue weighted by molar-refractivity contribution is 6.23. The number of rotatable bonds is 8. The summed E-state index contributed by atoms with van der Waals surface area (Å²) < 4.78 is 45.7. The van der Waals surface area contributed by atoms with Crippen LogP contribution >= 0.6 is 0 Å². The standard InChI is InChI=1S/C40H43F3N12O5/c41-23-15-24(44)20-52(19-23)32-9-10-53-36(47-32)29(17-45-53)37(57)46-30-21-54(49-34(30)35(42)43)25-3-1-22(2-4-25)18-50-11-13-51(14-12-50)26-5-6-27-28(16-26)40(60)55(39(27)59)31-7-8-33(56)48-38(31)58/h5-6,9-10,16-18,21,23-25,31,35H,1-4,7-8,11-15,19-20,44H2,(H,46,57)(H,48,56,58)/t23-,24-,25?,31?/m1/s1. The van der Waals surface area contributed by atoms with Crippen molar-refractivity contribution < 1.29 is 37.1 Å². The summed E-state index contributed by atoms with van der Waals surface area (Å²) in [6.45, 7) is 3.28. The molecule has 1 saturated carbocycles. The molecule has 5 aliphatic rings. The topological polar surface area (TPSA) is 196 Å². The number of nitrogens with two attached hydrogens (primary N) is 1. The molecule has 3 atom stereocenters. The number of benzene rings is 1. The first-order valence-electron chi connectivity index (χ1n) is 20.1. The zero-order chi connectivity index (χ0) is 41.8. The van der Waals surface area contributed by atoms with Gasteiger partial charge in [-0.3, -0.25) is 38.9 Å². The molecule has 3 aromatic heterocycles. The SMILES string of the molecule is N[C@@H]1C[C@@H](F)CN(c2ccn3ncc(C(=O)Nc4cn(C5CCC(=CN6CCN(c7ccc8c(c7)C(=O)N(C7CCC(=O)NC7=O)C8=O)CC6)CC5)nc4C(F)F)c3n2)C1. The van der Waals surface area contributed by atoms with E-state index in [9.17, 15) is 37.1 Å². The molecule has 5 amide bonds. The maximum Gasteiger partial charge on any atom is 0.284 e. The van der Waals surface area contributed by atoms with Gasteiger partial charge in [0.15, 0.2) is 11.3 Å². The summed E-state index contributed by atoms with van der Waals surface area (Å²) in [7, 11) is 0. The van der Waals surface area contributed by atoms with Gasteiger partial charge in [-0.15, -0.1) is 0 Å². The van der Waals surface area contributed by atoms with E-state index in [2.05, 4.69) is 41.8 Å². The lowest BCUT2D eigenvalue weighted by Crippen LogP contribution is -2.54. The molecule has 0 radical (unpaired) electrons. The number of nitrogens with zero attached hydrogens (tertiary/aromatic N) is 9. The Kier molecular flexibility index (Phi) is 10.2. The zero-order valence-electron chi connectivity index (χ0n) is 32.5. The Morgan fingerprint density at radius 1 is 0.950 bits per heavy atom. The lowest BCUT2D eigenvalue weighted by Gasteiger charge is -2.36. The first-order valence-corrected chi connectivity index (χ1v) is 20.1. The summed E-state index contributed by atoms with van der Waals surface area (Å²) in [5, 5.41) is 13.2. The Morgan fingerprint density at radius 3 is 2.45 bits per heavy atom. The van der Waals surface area contributed by atoms with Crippen molar-refractivity contribution in [3.05, 3.63) is 77.0 Å². The number of nitrogens with one attached hydrogen (secondary N) is 2. The molecule has 4 aromatic rings. The Balaban J connectivity index is 0.804. The van der Waals surface area contributed by atoms with Crippen molar-refractivity contribution in [1.82, 2.24) is 39.5 Å². The number of amides is 5. The summed E-state index contributed by atoms with van der Waals surface area (Å²) in [6.07, 6.45) is 5.70. The molecular weight excluding hydrogens is 786 g/mol. The summed E-state index contributed by atoms with van der Waals surface area (Å²) >= 11 is 0. The van der Waals surface area contributed by atoms with E-state index in [1.165, 1.54) is 27.2 Å². The van der Waals surface area contributed by atoms with E-state index in [4.69, 9.17) is 5.73 Å². The Hall–Kier alpha value is -6.31. The van der Waals surface area contributed by atoms with Gasteiger partial charge in [-0.25, -0.2) is 22.7 Å². The second-order valence-electron chi connectivity index (χ2n) is 16.0. The molecule has 1 aromatic carbocycles. The van der Waals surface area contributed by atoms with Crippen LogP contribution in [0.2, 0.25) is 0 Å². The van der Waals surface area contributed by atoms with Crippen molar-refractivity contribution in [2.75, 3.05) is 54.4 Å². The van der Waals surface area contributed by atoms with Gasteiger partial charge < -0.3 is 25.8 Å². The number of piperazine rings is 1. The highest BCUT2D eigenvalue weighted by atomic mass is 19.3. The molecule has 1 unspecified atom stereocenters. The number of imide groups is 2. The number of fused-ring (bicyclic) bond motifs is 2. The number of hydrogen-bond donors (Lipinski definition) is 3. The average Bonchev–Trinajstić information content (AvgIpc) is 3.92. The van der Waals surface area contributed by atoms with Crippen LogP contribution in [0.25, 0.3) is 5.65 Å². The molecule has 60 heavy (non-hydrogen) atoms. The smallest absolute Gasteiger partial charge is 0.284 e. The molecule has 4 fully saturated rings. The largest absolute Gasteiger partial charge is 0.374 e. The predicted molar refractivity (Wildman–Crippen MR) is 210 cm³/mol. The third-order valence-corrected chi connectivity index (χ3v) is 12.0. The van der Waals surface area contributed by atoms with Gasteiger partial charge >= 0.3 is 0 Å². The molecule has 17 nitrogen and oxygen atoms in total. The molecule has 7 heterocycles. The molecule has 4 N–H and O–H groups in total. The summed E-state index contributed by atoms with van der Waals surface area (Å²) in [4.78, 5) is 75.6. The van der Waals surface area contributed by atoms with E-state index in [-0.39, 0.29) is 65.9 Å². The number of hydrogen-bond acceptors (Lipinski definition) is 12. The second kappa shape index (κ2) is 15.7. The van der Waals surface area contributed by atoms with E-state index < -0.39 is 53.9 Å². The summed E-state index contributed by atoms with van der Waals surface area (Å²) in [6, 6.07) is 5.25. The maximum absolute atomic E-state index is 14.3. The Bertz CT molecular complexity index is 2410. The molecule has 0 spiro atoms. The third kappa shape index (κ3) is 7.43. The molecule has 3 saturated heterocycles. The van der Waals surface area contributed by atoms with E-state index in [0.717, 1.165) is 23.4 Å². The molecule has 314 valence electrons. The summed E-state index contributed by atoms with van der Waals surface area (Å²) in [5.41, 5.74) is 8.15. The summed E-state index contributed by atoms with van der Waals surface area (Å²) in [5.74, 6) is -2.40. The van der Waals surface area contributed by atoms with Gasteiger partial charge in [-0.05, 0) is 69.0 Å². The van der Waals surface area contributed by atoms with Gasteiger partial charge in [0.1, 0.15) is 23.6 Å². The quantitative estimate of drug-likeness (QED) is 0.220. The number of anilines is 3. The van der Waals surface area contributed by atoms with Crippen molar-refractivity contribution >= 4 is 52.4 Å². The van der Waals surface area contributed by atoms with Crippen molar-refractivity contribution in [1.29, 1.82) is 0 Å². The number of halogens is 3. The van der Waals surface area contributed by atoms with Gasteiger partial charge in [0.2, 0.25) is 11.8 Å². The number of piperidine rings is 2. The van der Waals surface area contributed by atoms with Gasteiger partial charge in [-0.2, -0.15) is 10.2 Å². The highest BCUT2D eigenvalue weighted by Crippen LogP contribution is 2.36. The molecule has 1 aliphatic carbocycles. The van der Waals surface area contributed by atoms with Crippen molar-refractivity contribution in [2.45, 2.75) is 75.7 Å². The minimum absolute atomic E-state index is 0.0547. The number of carbonyl (C=O) groups excluding carboxylic acids is 5. The average molecular weight is 829 g/mol. The Labute approximate surface area is 341 Å². The fourth-order valence-corrected chi connectivity index (χ4v) is 8.89. The Morgan fingerprint density at radius 2 is 1.72 bits per heavy atom. The molecule has 4 aliphatic heterocycles. The van der Waals surface area contributed by atoms with Gasteiger partial charge in [0.05, 0.1) is 35.6 Å². The predicted octanol–water partition coefficient (Wildman–Crippen LogP) is 3.21. The van der Waals surface area contributed by atoms with Crippen LogP contribution in [0.15, 0.2) is 54.6 Å². The van der Waals surface area contributed by atoms with Crippen LogP contribution in [0, 0.1) is 0 Å². The van der Waals surface area contributed by atoms with E-state index >= 15 is 0 Å². The number of aromatic nitrogens is 5. The lowest BCUT2D eigenvalue weighted by atomic mass is 9.91.